The lowest BCUT2D eigenvalue weighted by molar-refractivity contribution is 0.171. The first-order valence-electron chi connectivity index (χ1n) is 5.14. The summed E-state index contributed by atoms with van der Waals surface area (Å²) < 4.78 is 12.4. The van der Waals surface area contributed by atoms with Crippen molar-refractivity contribution in [3.63, 3.8) is 0 Å². The van der Waals surface area contributed by atoms with Crippen molar-refractivity contribution in [3.05, 3.63) is 40.5 Å². The topological polar surface area (TPSA) is 60.4 Å². The summed E-state index contributed by atoms with van der Waals surface area (Å²) in [6.07, 6.45) is 3.95. The lowest BCUT2D eigenvalue weighted by atomic mass is 10.1. The molecule has 5 nitrogen and oxygen atoms in total. The van der Waals surface area contributed by atoms with Gasteiger partial charge in [0.2, 0.25) is 0 Å². The molecule has 0 saturated carbocycles. The molecule has 0 spiro atoms. The van der Waals surface area contributed by atoms with Gasteiger partial charge in [0.15, 0.2) is 0 Å². The van der Waals surface area contributed by atoms with Gasteiger partial charge in [0, 0.05) is 12.7 Å². The van der Waals surface area contributed by atoms with E-state index in [4.69, 9.17) is 9.15 Å². The molecule has 1 N–H and O–H groups in total. The first-order valence-corrected chi connectivity index (χ1v) is 5.93. The van der Waals surface area contributed by atoms with Crippen LogP contribution in [0.25, 0.3) is 0 Å². The molecule has 17 heavy (non-hydrogen) atoms. The Hall–Kier alpha value is -1.11. The molecule has 0 aliphatic carbocycles. The molecule has 92 valence electrons. The standard InChI is InChI=1S/C11H13BrN2O3/c1-16-5-3-14-10(9(12)6-13-14)11(15)8-2-4-17-7-8/h2,4,6-7,11,15H,3,5H2,1H3. The minimum Gasteiger partial charge on any atom is -0.472 e. The van der Waals surface area contributed by atoms with E-state index in [0.717, 1.165) is 4.47 Å². The summed E-state index contributed by atoms with van der Waals surface area (Å²) in [6, 6.07) is 1.73. The zero-order valence-corrected chi connectivity index (χ0v) is 10.9. The van der Waals surface area contributed by atoms with Crippen molar-refractivity contribution in [1.82, 2.24) is 9.78 Å². The van der Waals surface area contributed by atoms with Gasteiger partial charge in [-0.15, -0.1) is 0 Å². The molecule has 6 heteroatoms. The largest absolute Gasteiger partial charge is 0.472 e. The fourth-order valence-electron chi connectivity index (χ4n) is 1.59. The number of hydrogen-bond donors (Lipinski definition) is 1. The van der Waals surface area contributed by atoms with Crippen LogP contribution in [-0.4, -0.2) is 28.6 Å². The highest BCUT2D eigenvalue weighted by Crippen LogP contribution is 2.28. The van der Waals surface area contributed by atoms with E-state index in [1.807, 2.05) is 0 Å². The number of aliphatic hydroxyl groups excluding tert-OH is 1. The average molecular weight is 301 g/mol. The van der Waals surface area contributed by atoms with E-state index in [1.165, 1.54) is 12.5 Å². The monoisotopic (exact) mass is 300 g/mol. The Morgan fingerprint density at radius 2 is 2.47 bits per heavy atom. The van der Waals surface area contributed by atoms with Crippen molar-refractivity contribution in [1.29, 1.82) is 0 Å². The number of nitrogens with zero attached hydrogens (tertiary/aromatic N) is 2. The first-order chi connectivity index (χ1) is 8.24. The summed E-state index contributed by atoms with van der Waals surface area (Å²) in [5.74, 6) is 0. The number of halogens is 1. The zero-order chi connectivity index (χ0) is 12.3. The van der Waals surface area contributed by atoms with Gasteiger partial charge in [0.25, 0.3) is 0 Å². The molecule has 0 aromatic carbocycles. The van der Waals surface area contributed by atoms with E-state index in [1.54, 1.807) is 24.1 Å². The number of aromatic nitrogens is 2. The minimum atomic E-state index is -0.762. The van der Waals surface area contributed by atoms with Gasteiger partial charge in [-0.3, -0.25) is 4.68 Å². The van der Waals surface area contributed by atoms with Crippen LogP contribution in [0.5, 0.6) is 0 Å². The normalized spacial score (nSPS) is 12.9. The van der Waals surface area contributed by atoms with Crippen LogP contribution in [0.4, 0.5) is 0 Å². The SMILES string of the molecule is COCCn1ncc(Br)c1C(O)c1ccoc1. The van der Waals surface area contributed by atoms with Gasteiger partial charge in [-0.2, -0.15) is 5.10 Å². The van der Waals surface area contributed by atoms with Crippen molar-refractivity contribution in [3.8, 4) is 0 Å². The van der Waals surface area contributed by atoms with Crippen LogP contribution >= 0.6 is 15.9 Å². The van der Waals surface area contributed by atoms with Gasteiger partial charge in [-0.05, 0) is 22.0 Å². The van der Waals surface area contributed by atoms with Gasteiger partial charge in [-0.1, -0.05) is 0 Å². The third-order valence-electron chi connectivity index (χ3n) is 2.46. The van der Waals surface area contributed by atoms with Gasteiger partial charge < -0.3 is 14.3 Å². The molecule has 0 bridgehead atoms. The number of hydrogen-bond acceptors (Lipinski definition) is 4. The summed E-state index contributed by atoms with van der Waals surface area (Å²) in [5, 5.41) is 14.4. The first kappa shape index (κ1) is 12.3. The highest BCUT2D eigenvalue weighted by Gasteiger charge is 2.20. The molecule has 1 atom stereocenters. The van der Waals surface area contributed by atoms with E-state index in [9.17, 15) is 5.11 Å². The Morgan fingerprint density at radius 1 is 1.65 bits per heavy atom. The maximum Gasteiger partial charge on any atom is 0.125 e. The molecule has 0 amide bonds. The summed E-state index contributed by atoms with van der Waals surface area (Å²) >= 11 is 3.38. The zero-order valence-electron chi connectivity index (χ0n) is 9.34. The van der Waals surface area contributed by atoms with E-state index >= 15 is 0 Å². The van der Waals surface area contributed by atoms with Crippen LogP contribution in [0, 0.1) is 0 Å². The molecule has 2 aromatic heterocycles. The van der Waals surface area contributed by atoms with Gasteiger partial charge in [0.05, 0.1) is 42.0 Å². The Labute approximate surface area is 107 Å². The highest BCUT2D eigenvalue weighted by atomic mass is 79.9. The fourth-order valence-corrected chi connectivity index (χ4v) is 2.10. The number of ether oxygens (including phenoxy) is 1. The highest BCUT2D eigenvalue weighted by molar-refractivity contribution is 9.10. The van der Waals surface area contributed by atoms with E-state index in [2.05, 4.69) is 21.0 Å². The van der Waals surface area contributed by atoms with Crippen LogP contribution in [0.15, 0.2) is 33.7 Å². The van der Waals surface area contributed by atoms with E-state index in [-0.39, 0.29) is 0 Å². The molecule has 1 unspecified atom stereocenters. The second-order valence-electron chi connectivity index (χ2n) is 3.55. The predicted octanol–water partition coefficient (Wildman–Crippen LogP) is 1.97. The third kappa shape index (κ3) is 2.59. The molecule has 0 aliphatic rings. The van der Waals surface area contributed by atoms with Gasteiger partial charge >= 0.3 is 0 Å². The van der Waals surface area contributed by atoms with Crippen molar-refractivity contribution >= 4 is 15.9 Å². The molecular formula is C11H13BrN2O3. The molecule has 2 aromatic rings. The molecular weight excluding hydrogens is 288 g/mol. The Morgan fingerprint density at radius 3 is 3.12 bits per heavy atom. The second kappa shape index (κ2) is 5.48. The number of methoxy groups -OCH3 is 1. The maximum absolute atomic E-state index is 10.2. The molecule has 0 fully saturated rings. The van der Waals surface area contributed by atoms with Crippen LogP contribution in [0.3, 0.4) is 0 Å². The molecule has 0 radical (unpaired) electrons. The summed E-state index contributed by atoms with van der Waals surface area (Å²) in [7, 11) is 1.63. The van der Waals surface area contributed by atoms with Crippen molar-refractivity contribution in [2.24, 2.45) is 0 Å². The van der Waals surface area contributed by atoms with Crippen molar-refractivity contribution in [2.45, 2.75) is 12.6 Å². The Balaban J connectivity index is 2.27. The predicted molar refractivity (Wildman–Crippen MR) is 64.6 cm³/mol. The smallest absolute Gasteiger partial charge is 0.125 e. The molecule has 2 heterocycles. The summed E-state index contributed by atoms with van der Waals surface area (Å²) in [6.45, 7) is 1.13. The van der Waals surface area contributed by atoms with Gasteiger partial charge in [-0.25, -0.2) is 0 Å². The molecule has 2 rings (SSSR count). The lowest BCUT2D eigenvalue weighted by Crippen LogP contribution is -2.13. The van der Waals surface area contributed by atoms with Crippen LogP contribution < -0.4 is 0 Å². The van der Waals surface area contributed by atoms with Crippen LogP contribution in [0.2, 0.25) is 0 Å². The summed E-state index contributed by atoms with van der Waals surface area (Å²) in [4.78, 5) is 0. The van der Waals surface area contributed by atoms with Crippen molar-refractivity contribution < 1.29 is 14.3 Å². The van der Waals surface area contributed by atoms with Crippen LogP contribution in [0.1, 0.15) is 17.4 Å². The quantitative estimate of drug-likeness (QED) is 0.917. The Bertz CT molecular complexity index is 467. The number of rotatable bonds is 5. The van der Waals surface area contributed by atoms with Crippen molar-refractivity contribution in [2.75, 3.05) is 13.7 Å². The molecule has 0 saturated heterocycles. The fraction of sp³-hybridized carbons (Fsp3) is 0.364. The third-order valence-corrected chi connectivity index (χ3v) is 3.07. The summed E-state index contributed by atoms with van der Waals surface area (Å²) in [5.41, 5.74) is 1.40. The lowest BCUT2D eigenvalue weighted by Gasteiger charge is -2.12. The molecule has 0 aliphatic heterocycles. The minimum absolute atomic E-state index is 0.541. The van der Waals surface area contributed by atoms with E-state index in [0.29, 0.717) is 24.4 Å². The average Bonchev–Trinajstić information content (AvgIpc) is 2.95. The number of aliphatic hydroxyl groups is 1. The second-order valence-corrected chi connectivity index (χ2v) is 4.41. The van der Waals surface area contributed by atoms with Crippen LogP contribution in [-0.2, 0) is 11.3 Å². The Kier molecular flexibility index (Phi) is 3.98. The van der Waals surface area contributed by atoms with Gasteiger partial charge in [0.1, 0.15) is 6.10 Å². The van der Waals surface area contributed by atoms with E-state index < -0.39 is 6.10 Å². The maximum atomic E-state index is 10.2. The number of furan rings is 1.